The molecule has 0 aliphatic heterocycles. The quantitative estimate of drug-likeness (QED) is 0.767. The van der Waals surface area contributed by atoms with E-state index in [0.717, 1.165) is 5.69 Å². The predicted octanol–water partition coefficient (Wildman–Crippen LogP) is 4.42. The van der Waals surface area contributed by atoms with Crippen molar-refractivity contribution in [3.05, 3.63) is 66.4 Å². The number of hydrogen-bond acceptors (Lipinski definition) is 3. The molecule has 3 nitrogen and oxygen atoms in total. The zero-order valence-corrected chi connectivity index (χ0v) is 12.2. The molecule has 21 heavy (non-hydrogen) atoms. The Kier molecular flexibility index (Phi) is 3.73. The molecule has 0 fully saturated rings. The van der Waals surface area contributed by atoms with Crippen LogP contribution in [0.15, 0.2) is 60.8 Å². The molecule has 0 aliphatic rings. The van der Waals surface area contributed by atoms with Crippen molar-refractivity contribution in [1.82, 2.24) is 4.98 Å². The van der Waals surface area contributed by atoms with Crippen molar-refractivity contribution in [3.63, 3.8) is 0 Å². The number of aromatic nitrogens is 1. The summed E-state index contributed by atoms with van der Waals surface area (Å²) in [6.07, 6.45) is 1.79. The van der Waals surface area contributed by atoms with Crippen LogP contribution in [0.5, 0.6) is 5.88 Å². The number of rotatable bonds is 4. The molecule has 3 heteroatoms. The Morgan fingerprint density at radius 3 is 2.52 bits per heavy atom. The Bertz CT molecular complexity index is 738. The molecule has 0 amide bonds. The first-order valence-corrected chi connectivity index (χ1v) is 7.01. The minimum atomic E-state index is 0.213. The fourth-order valence-electron chi connectivity index (χ4n) is 2.40. The lowest BCUT2D eigenvalue weighted by Gasteiger charge is -2.16. The minimum Gasteiger partial charge on any atom is -0.481 e. The van der Waals surface area contributed by atoms with Gasteiger partial charge in [-0.2, -0.15) is 0 Å². The van der Waals surface area contributed by atoms with Crippen LogP contribution in [0.2, 0.25) is 0 Å². The summed E-state index contributed by atoms with van der Waals surface area (Å²) in [4.78, 5) is 4.21. The van der Waals surface area contributed by atoms with Gasteiger partial charge in [-0.3, -0.25) is 0 Å². The van der Waals surface area contributed by atoms with Gasteiger partial charge in [0.1, 0.15) is 0 Å². The smallest absolute Gasteiger partial charge is 0.213 e. The maximum atomic E-state index is 5.07. The van der Waals surface area contributed by atoms with E-state index >= 15 is 0 Å². The van der Waals surface area contributed by atoms with Gasteiger partial charge >= 0.3 is 0 Å². The van der Waals surface area contributed by atoms with Gasteiger partial charge in [0.05, 0.1) is 19.0 Å². The van der Waals surface area contributed by atoms with E-state index in [9.17, 15) is 0 Å². The SMILES string of the molecule is COc1ccc(NC(C)c2ccc3ccccc3c2)cn1. The number of pyridine rings is 1. The topological polar surface area (TPSA) is 34.1 Å². The summed E-state index contributed by atoms with van der Waals surface area (Å²) in [6.45, 7) is 2.15. The van der Waals surface area contributed by atoms with Crippen molar-refractivity contribution in [2.24, 2.45) is 0 Å². The second kappa shape index (κ2) is 5.83. The first-order chi connectivity index (χ1) is 10.3. The molecule has 0 saturated heterocycles. The molecule has 0 radical (unpaired) electrons. The van der Waals surface area contributed by atoms with Crippen molar-refractivity contribution in [2.75, 3.05) is 12.4 Å². The minimum absolute atomic E-state index is 0.213. The molecule has 0 spiro atoms. The summed E-state index contributed by atoms with van der Waals surface area (Å²) in [6, 6.07) is 19.0. The Morgan fingerprint density at radius 2 is 1.81 bits per heavy atom. The molecule has 1 N–H and O–H groups in total. The van der Waals surface area contributed by atoms with E-state index in [4.69, 9.17) is 4.74 Å². The lowest BCUT2D eigenvalue weighted by molar-refractivity contribution is 0.398. The van der Waals surface area contributed by atoms with Gasteiger partial charge in [0.2, 0.25) is 5.88 Å². The first kappa shape index (κ1) is 13.4. The van der Waals surface area contributed by atoms with Crippen LogP contribution in [0.4, 0.5) is 5.69 Å². The molecule has 3 rings (SSSR count). The van der Waals surface area contributed by atoms with Gasteiger partial charge in [0.15, 0.2) is 0 Å². The number of nitrogens with one attached hydrogen (secondary N) is 1. The second-order valence-corrected chi connectivity index (χ2v) is 5.06. The number of ether oxygens (including phenoxy) is 1. The lowest BCUT2D eigenvalue weighted by Crippen LogP contribution is -2.06. The average Bonchev–Trinajstić information content (AvgIpc) is 2.55. The molecular formula is C18H18N2O. The van der Waals surface area contributed by atoms with Crippen LogP contribution in [0.1, 0.15) is 18.5 Å². The van der Waals surface area contributed by atoms with E-state index < -0.39 is 0 Å². The summed E-state index contributed by atoms with van der Waals surface area (Å²) in [5.74, 6) is 0.624. The number of hydrogen-bond donors (Lipinski definition) is 1. The standard InChI is InChI=1S/C18H18N2O/c1-13(20-17-9-10-18(21-2)19-12-17)15-8-7-14-5-3-4-6-16(14)11-15/h3-13,20H,1-2H3. The number of fused-ring (bicyclic) bond motifs is 1. The monoisotopic (exact) mass is 278 g/mol. The Morgan fingerprint density at radius 1 is 1.00 bits per heavy atom. The Balaban J connectivity index is 1.80. The van der Waals surface area contributed by atoms with Crippen molar-refractivity contribution in [3.8, 4) is 5.88 Å². The number of anilines is 1. The second-order valence-electron chi connectivity index (χ2n) is 5.06. The van der Waals surface area contributed by atoms with Crippen molar-refractivity contribution < 1.29 is 4.74 Å². The summed E-state index contributed by atoms with van der Waals surface area (Å²) < 4.78 is 5.07. The summed E-state index contributed by atoms with van der Waals surface area (Å²) in [5.41, 5.74) is 2.24. The third-order valence-corrected chi connectivity index (χ3v) is 3.60. The molecular weight excluding hydrogens is 260 g/mol. The summed E-state index contributed by atoms with van der Waals surface area (Å²) in [5, 5.41) is 5.98. The molecule has 1 atom stereocenters. The highest BCUT2D eigenvalue weighted by Gasteiger charge is 2.06. The Labute approximate surface area is 124 Å². The van der Waals surface area contributed by atoms with Crippen molar-refractivity contribution in [1.29, 1.82) is 0 Å². The van der Waals surface area contributed by atoms with Gasteiger partial charge in [-0.1, -0.05) is 36.4 Å². The predicted molar refractivity (Wildman–Crippen MR) is 86.8 cm³/mol. The van der Waals surface area contributed by atoms with Gasteiger partial charge < -0.3 is 10.1 Å². The molecule has 0 bridgehead atoms. The highest BCUT2D eigenvalue weighted by molar-refractivity contribution is 5.83. The normalized spacial score (nSPS) is 12.1. The fraction of sp³-hybridized carbons (Fsp3) is 0.167. The third kappa shape index (κ3) is 2.97. The largest absolute Gasteiger partial charge is 0.481 e. The molecule has 3 aromatic rings. The van der Waals surface area contributed by atoms with Crippen molar-refractivity contribution in [2.45, 2.75) is 13.0 Å². The van der Waals surface area contributed by atoms with Crippen LogP contribution in [0.3, 0.4) is 0 Å². The van der Waals surface area contributed by atoms with Crippen molar-refractivity contribution >= 4 is 16.5 Å². The zero-order valence-electron chi connectivity index (χ0n) is 12.2. The van der Waals surface area contributed by atoms with Crippen LogP contribution < -0.4 is 10.1 Å². The number of nitrogens with zero attached hydrogens (tertiary/aromatic N) is 1. The maximum Gasteiger partial charge on any atom is 0.213 e. The molecule has 0 aliphatic carbocycles. The van der Waals surface area contributed by atoms with E-state index in [0.29, 0.717) is 5.88 Å². The van der Waals surface area contributed by atoms with Gasteiger partial charge in [-0.25, -0.2) is 4.98 Å². The van der Waals surface area contributed by atoms with E-state index in [-0.39, 0.29) is 6.04 Å². The van der Waals surface area contributed by atoms with E-state index in [1.165, 1.54) is 16.3 Å². The zero-order chi connectivity index (χ0) is 14.7. The molecule has 1 unspecified atom stereocenters. The van der Waals surface area contributed by atoms with Gasteiger partial charge in [0.25, 0.3) is 0 Å². The van der Waals surface area contributed by atoms with Gasteiger partial charge in [-0.05, 0) is 35.4 Å². The molecule has 1 heterocycles. The molecule has 106 valence electrons. The molecule has 2 aromatic carbocycles. The van der Waals surface area contributed by atoms with Crippen LogP contribution in [0, 0.1) is 0 Å². The molecule has 1 aromatic heterocycles. The van der Waals surface area contributed by atoms with Gasteiger partial charge in [0, 0.05) is 12.1 Å². The van der Waals surface area contributed by atoms with Crippen LogP contribution in [0.25, 0.3) is 10.8 Å². The summed E-state index contributed by atoms with van der Waals surface area (Å²) >= 11 is 0. The maximum absolute atomic E-state index is 5.07. The third-order valence-electron chi connectivity index (χ3n) is 3.60. The number of benzene rings is 2. The van der Waals surface area contributed by atoms with Crippen LogP contribution in [-0.2, 0) is 0 Å². The van der Waals surface area contributed by atoms with E-state index in [1.54, 1.807) is 13.3 Å². The van der Waals surface area contributed by atoms with Crippen LogP contribution in [-0.4, -0.2) is 12.1 Å². The summed E-state index contributed by atoms with van der Waals surface area (Å²) in [7, 11) is 1.62. The molecule has 0 saturated carbocycles. The van der Waals surface area contributed by atoms with E-state index in [2.05, 4.69) is 59.7 Å². The Hall–Kier alpha value is -2.55. The van der Waals surface area contributed by atoms with E-state index in [1.807, 2.05) is 12.1 Å². The van der Waals surface area contributed by atoms with Gasteiger partial charge in [-0.15, -0.1) is 0 Å². The lowest BCUT2D eigenvalue weighted by atomic mass is 10.0. The number of methoxy groups -OCH3 is 1. The highest BCUT2D eigenvalue weighted by atomic mass is 16.5. The highest BCUT2D eigenvalue weighted by Crippen LogP contribution is 2.23. The first-order valence-electron chi connectivity index (χ1n) is 7.01. The average molecular weight is 278 g/mol. The van der Waals surface area contributed by atoms with Crippen LogP contribution >= 0.6 is 0 Å². The fourth-order valence-corrected chi connectivity index (χ4v) is 2.40.